The highest BCUT2D eigenvalue weighted by Crippen LogP contribution is 2.37. The molecule has 0 aliphatic carbocycles. The quantitative estimate of drug-likeness (QED) is 0.826. The molecule has 0 unspecified atom stereocenters. The van der Waals surface area contributed by atoms with Gasteiger partial charge in [0.25, 0.3) is 0 Å². The molecule has 0 aliphatic heterocycles. The molecule has 0 amide bonds. The van der Waals surface area contributed by atoms with E-state index in [1.807, 2.05) is 0 Å². The summed E-state index contributed by atoms with van der Waals surface area (Å²) in [4.78, 5) is 23.1. The van der Waals surface area contributed by atoms with Crippen molar-refractivity contribution in [2.45, 2.75) is 16.0 Å². The number of rotatable bonds is 4. The largest absolute Gasteiger partial charge is 0.478 e. The van der Waals surface area contributed by atoms with Gasteiger partial charge >= 0.3 is 18.1 Å². The first-order valence-electron chi connectivity index (χ1n) is 6.53. The van der Waals surface area contributed by atoms with Gasteiger partial charge in [0.05, 0.1) is 23.8 Å². The summed E-state index contributed by atoms with van der Waals surface area (Å²) in [7, 11) is 1.01. The molecule has 0 atom stereocenters. The number of esters is 1. The molecule has 8 heteroatoms. The van der Waals surface area contributed by atoms with Crippen molar-refractivity contribution in [3.8, 4) is 0 Å². The van der Waals surface area contributed by atoms with Gasteiger partial charge in [-0.2, -0.15) is 13.2 Å². The second kappa shape index (κ2) is 6.96. The zero-order valence-electron chi connectivity index (χ0n) is 12.3. The predicted molar refractivity (Wildman–Crippen MR) is 80.3 cm³/mol. The van der Waals surface area contributed by atoms with Crippen LogP contribution in [0, 0.1) is 0 Å². The van der Waals surface area contributed by atoms with Crippen molar-refractivity contribution < 1.29 is 32.6 Å². The van der Waals surface area contributed by atoms with E-state index in [1.54, 1.807) is 0 Å². The number of aromatic carboxylic acids is 1. The SMILES string of the molecule is COC(=O)c1ccc(Sc2ccc(C(=O)O)cc2)cc1C(F)(F)F. The molecule has 0 saturated heterocycles. The van der Waals surface area contributed by atoms with Crippen molar-refractivity contribution in [1.29, 1.82) is 0 Å². The molecule has 126 valence electrons. The molecule has 0 bridgehead atoms. The van der Waals surface area contributed by atoms with Crippen LogP contribution < -0.4 is 0 Å². The van der Waals surface area contributed by atoms with Crippen molar-refractivity contribution in [2.75, 3.05) is 7.11 Å². The van der Waals surface area contributed by atoms with Gasteiger partial charge in [0.15, 0.2) is 0 Å². The molecule has 2 aromatic carbocycles. The highest BCUT2D eigenvalue weighted by atomic mass is 32.2. The molecule has 0 aliphatic rings. The lowest BCUT2D eigenvalue weighted by molar-refractivity contribution is -0.138. The molecule has 0 saturated carbocycles. The van der Waals surface area contributed by atoms with Crippen LogP contribution in [0.1, 0.15) is 26.3 Å². The van der Waals surface area contributed by atoms with Crippen LogP contribution in [0.4, 0.5) is 13.2 Å². The van der Waals surface area contributed by atoms with Crippen LogP contribution in [0.5, 0.6) is 0 Å². The second-order valence-electron chi connectivity index (χ2n) is 4.63. The number of alkyl halides is 3. The van der Waals surface area contributed by atoms with Gasteiger partial charge in [0, 0.05) is 9.79 Å². The Labute approximate surface area is 139 Å². The molecule has 1 N–H and O–H groups in total. The van der Waals surface area contributed by atoms with Crippen LogP contribution in [-0.2, 0) is 10.9 Å². The Hall–Kier alpha value is -2.48. The van der Waals surface area contributed by atoms with E-state index in [2.05, 4.69) is 4.74 Å². The van der Waals surface area contributed by atoms with Crippen molar-refractivity contribution in [3.63, 3.8) is 0 Å². The summed E-state index contributed by atoms with van der Waals surface area (Å²) >= 11 is 1.02. The van der Waals surface area contributed by atoms with E-state index in [1.165, 1.54) is 30.3 Å². The third-order valence-corrected chi connectivity index (χ3v) is 4.04. The summed E-state index contributed by atoms with van der Waals surface area (Å²) in [6.45, 7) is 0. The normalized spacial score (nSPS) is 11.2. The van der Waals surface area contributed by atoms with Crippen molar-refractivity contribution in [3.05, 3.63) is 59.2 Å². The minimum atomic E-state index is -4.70. The Kier molecular flexibility index (Phi) is 5.18. The fourth-order valence-corrected chi connectivity index (χ4v) is 2.77. The molecule has 2 rings (SSSR count). The maximum absolute atomic E-state index is 13.1. The van der Waals surface area contributed by atoms with Gasteiger partial charge in [0.1, 0.15) is 0 Å². The van der Waals surface area contributed by atoms with E-state index in [0.717, 1.165) is 31.0 Å². The van der Waals surface area contributed by atoms with E-state index in [4.69, 9.17) is 5.11 Å². The molecule has 0 fully saturated rings. The number of ether oxygens (including phenoxy) is 1. The number of carbonyl (C=O) groups is 2. The van der Waals surface area contributed by atoms with E-state index in [-0.39, 0.29) is 10.5 Å². The van der Waals surface area contributed by atoms with Gasteiger partial charge in [-0.15, -0.1) is 0 Å². The molecule has 0 spiro atoms. The molecular formula is C16H11F3O4S. The lowest BCUT2D eigenvalue weighted by Gasteiger charge is -2.13. The van der Waals surface area contributed by atoms with Crippen molar-refractivity contribution in [1.82, 2.24) is 0 Å². The molecule has 2 aromatic rings. The lowest BCUT2D eigenvalue weighted by atomic mass is 10.1. The van der Waals surface area contributed by atoms with Crippen molar-refractivity contribution >= 4 is 23.7 Å². The molecule has 0 radical (unpaired) electrons. The number of halogens is 3. The minimum absolute atomic E-state index is 0.0800. The third-order valence-electron chi connectivity index (χ3n) is 3.04. The number of carboxylic acids is 1. The minimum Gasteiger partial charge on any atom is -0.478 e. The summed E-state index contributed by atoms with van der Waals surface area (Å²) in [5, 5.41) is 8.82. The summed E-state index contributed by atoms with van der Waals surface area (Å²) in [6.07, 6.45) is -4.70. The first-order chi connectivity index (χ1) is 11.2. The first-order valence-corrected chi connectivity index (χ1v) is 7.35. The zero-order chi connectivity index (χ0) is 17.9. The number of carboxylic acid groups (broad SMARTS) is 1. The van der Waals surface area contributed by atoms with E-state index in [0.29, 0.717) is 4.90 Å². The maximum atomic E-state index is 13.1. The number of hydrogen-bond donors (Lipinski definition) is 1. The Morgan fingerprint density at radius 3 is 2.12 bits per heavy atom. The summed E-state index contributed by atoms with van der Waals surface area (Å²) < 4.78 is 43.7. The fraction of sp³-hybridized carbons (Fsp3) is 0.125. The second-order valence-corrected chi connectivity index (χ2v) is 5.78. The topological polar surface area (TPSA) is 63.6 Å². The van der Waals surface area contributed by atoms with Crippen LogP contribution in [0.25, 0.3) is 0 Å². The molecular weight excluding hydrogens is 345 g/mol. The van der Waals surface area contributed by atoms with E-state index >= 15 is 0 Å². The van der Waals surface area contributed by atoms with Gasteiger partial charge in [-0.05, 0) is 42.5 Å². The monoisotopic (exact) mass is 356 g/mol. The van der Waals surface area contributed by atoms with E-state index in [9.17, 15) is 22.8 Å². The van der Waals surface area contributed by atoms with Gasteiger partial charge < -0.3 is 9.84 Å². The average Bonchev–Trinajstić information content (AvgIpc) is 2.53. The summed E-state index contributed by atoms with van der Waals surface area (Å²) in [5.74, 6) is -2.15. The van der Waals surface area contributed by atoms with Crippen LogP contribution in [0.3, 0.4) is 0 Å². The third kappa shape index (κ3) is 4.08. The van der Waals surface area contributed by atoms with Crippen LogP contribution in [-0.4, -0.2) is 24.2 Å². The number of carbonyl (C=O) groups excluding carboxylic acids is 1. The fourth-order valence-electron chi connectivity index (χ4n) is 1.91. The Bertz CT molecular complexity index is 770. The molecule has 0 heterocycles. The highest BCUT2D eigenvalue weighted by molar-refractivity contribution is 7.99. The van der Waals surface area contributed by atoms with Gasteiger partial charge in [-0.3, -0.25) is 0 Å². The maximum Gasteiger partial charge on any atom is 0.417 e. The van der Waals surface area contributed by atoms with Crippen molar-refractivity contribution in [2.24, 2.45) is 0 Å². The van der Waals surface area contributed by atoms with Crippen LogP contribution >= 0.6 is 11.8 Å². The number of hydrogen-bond acceptors (Lipinski definition) is 4. The Morgan fingerprint density at radius 2 is 1.62 bits per heavy atom. The average molecular weight is 356 g/mol. The van der Waals surface area contributed by atoms with Crippen LogP contribution in [0.15, 0.2) is 52.3 Å². The zero-order valence-corrected chi connectivity index (χ0v) is 13.1. The van der Waals surface area contributed by atoms with Crippen LogP contribution in [0.2, 0.25) is 0 Å². The van der Waals surface area contributed by atoms with Gasteiger partial charge in [-0.1, -0.05) is 11.8 Å². The number of methoxy groups -OCH3 is 1. The number of benzene rings is 2. The molecule has 4 nitrogen and oxygen atoms in total. The standard InChI is InChI=1S/C16H11F3O4S/c1-23-15(22)12-7-6-11(8-13(12)16(17,18)19)24-10-4-2-9(3-5-10)14(20)21/h2-8H,1H3,(H,20,21). The smallest absolute Gasteiger partial charge is 0.417 e. The molecule has 24 heavy (non-hydrogen) atoms. The predicted octanol–water partition coefficient (Wildman–Crippen LogP) is 4.34. The first kappa shape index (κ1) is 17.9. The van der Waals surface area contributed by atoms with Gasteiger partial charge in [-0.25, -0.2) is 9.59 Å². The summed E-state index contributed by atoms with van der Waals surface area (Å²) in [5.41, 5.74) is -1.56. The molecule has 0 aromatic heterocycles. The van der Waals surface area contributed by atoms with E-state index < -0.39 is 29.2 Å². The lowest BCUT2D eigenvalue weighted by Crippen LogP contribution is -2.14. The van der Waals surface area contributed by atoms with Gasteiger partial charge in [0.2, 0.25) is 0 Å². The Morgan fingerprint density at radius 1 is 1.04 bits per heavy atom. The Balaban J connectivity index is 2.34. The summed E-state index contributed by atoms with van der Waals surface area (Å²) in [6, 6.07) is 9.00. The highest BCUT2D eigenvalue weighted by Gasteiger charge is 2.36.